The lowest BCUT2D eigenvalue weighted by Gasteiger charge is -2.20. The Hall–Kier alpha value is -0.970. The van der Waals surface area contributed by atoms with Gasteiger partial charge in [0.1, 0.15) is 11.6 Å². The minimum atomic E-state index is -0.458. The molecule has 0 radical (unpaired) electrons. The molecule has 0 saturated heterocycles. The molecule has 1 nitrogen and oxygen atoms in total. The molecule has 0 aliphatic rings. The average Bonchev–Trinajstić information content (AvgIpc) is 2.39. The molecule has 0 amide bonds. The fourth-order valence-electron chi connectivity index (χ4n) is 2.24. The highest BCUT2D eigenvalue weighted by molar-refractivity contribution is 9.10. The second kappa shape index (κ2) is 6.86. The third-order valence-electron chi connectivity index (χ3n) is 3.22. The van der Waals surface area contributed by atoms with Crippen molar-refractivity contribution in [2.75, 3.05) is 6.54 Å². The molecule has 0 aromatic heterocycles. The van der Waals surface area contributed by atoms with E-state index in [4.69, 9.17) is 11.6 Å². The first-order valence-electron chi connectivity index (χ1n) is 6.57. The van der Waals surface area contributed by atoms with Crippen LogP contribution in [0.1, 0.15) is 29.7 Å². The van der Waals surface area contributed by atoms with Crippen LogP contribution >= 0.6 is 27.5 Å². The predicted octanol–water partition coefficient (Wildman–Crippen LogP) is 5.39. The fourth-order valence-corrected chi connectivity index (χ4v) is 3.12. The lowest BCUT2D eigenvalue weighted by Crippen LogP contribution is -2.23. The van der Waals surface area contributed by atoms with Crippen LogP contribution in [0.2, 0.25) is 5.02 Å². The second-order valence-electron chi connectivity index (χ2n) is 4.82. The van der Waals surface area contributed by atoms with Crippen molar-refractivity contribution in [1.29, 1.82) is 0 Å². The zero-order valence-electron chi connectivity index (χ0n) is 11.7. The molecule has 1 atom stereocenters. The molecule has 0 fully saturated rings. The molecule has 2 rings (SSSR count). The van der Waals surface area contributed by atoms with Crippen LogP contribution in [0, 0.1) is 18.6 Å². The Morgan fingerprint density at radius 1 is 1.14 bits per heavy atom. The normalized spacial score (nSPS) is 12.5. The zero-order valence-corrected chi connectivity index (χ0v) is 14.0. The molecule has 112 valence electrons. The summed E-state index contributed by atoms with van der Waals surface area (Å²) in [6.07, 6.45) is 0. The molecule has 0 heterocycles. The van der Waals surface area contributed by atoms with Crippen molar-refractivity contribution < 1.29 is 8.78 Å². The summed E-state index contributed by atoms with van der Waals surface area (Å²) in [6.45, 7) is 4.07. The van der Waals surface area contributed by atoms with Gasteiger partial charge in [-0.25, -0.2) is 8.78 Å². The van der Waals surface area contributed by atoms with Crippen molar-refractivity contribution in [2.45, 2.75) is 19.9 Å². The molecule has 1 unspecified atom stereocenters. The van der Waals surface area contributed by atoms with E-state index in [2.05, 4.69) is 21.2 Å². The van der Waals surface area contributed by atoms with Crippen molar-refractivity contribution in [3.63, 3.8) is 0 Å². The quantitative estimate of drug-likeness (QED) is 0.757. The summed E-state index contributed by atoms with van der Waals surface area (Å²) >= 11 is 9.42. The highest BCUT2D eigenvalue weighted by Crippen LogP contribution is 2.30. The first-order valence-corrected chi connectivity index (χ1v) is 7.74. The second-order valence-corrected chi connectivity index (χ2v) is 6.17. The molecule has 0 aliphatic heterocycles. The summed E-state index contributed by atoms with van der Waals surface area (Å²) < 4.78 is 28.8. The monoisotopic (exact) mass is 373 g/mol. The van der Waals surface area contributed by atoms with Gasteiger partial charge in [-0.3, -0.25) is 0 Å². The van der Waals surface area contributed by atoms with Crippen LogP contribution in [0.15, 0.2) is 34.8 Å². The Morgan fingerprint density at radius 2 is 1.86 bits per heavy atom. The standard InChI is InChI=1S/C16H15BrClF2N/c1-3-21-16(10-5-11(17)7-12(18)6-10)13-8-14(19)9(2)4-15(13)20/h4-8,16,21H,3H2,1-2H3. The van der Waals surface area contributed by atoms with Gasteiger partial charge in [0.2, 0.25) is 0 Å². The van der Waals surface area contributed by atoms with E-state index in [-0.39, 0.29) is 5.56 Å². The van der Waals surface area contributed by atoms with Gasteiger partial charge < -0.3 is 5.32 Å². The smallest absolute Gasteiger partial charge is 0.128 e. The largest absolute Gasteiger partial charge is 0.306 e. The van der Waals surface area contributed by atoms with Gasteiger partial charge >= 0.3 is 0 Å². The first kappa shape index (κ1) is 16.4. The number of nitrogens with one attached hydrogen (secondary N) is 1. The maximum absolute atomic E-state index is 14.2. The van der Waals surface area contributed by atoms with Crippen LogP contribution in [0.25, 0.3) is 0 Å². The van der Waals surface area contributed by atoms with Gasteiger partial charge in [-0.15, -0.1) is 0 Å². The van der Waals surface area contributed by atoms with Gasteiger partial charge in [0, 0.05) is 15.1 Å². The molecule has 0 aliphatic carbocycles. The van der Waals surface area contributed by atoms with Crippen LogP contribution in [-0.4, -0.2) is 6.54 Å². The minimum absolute atomic E-state index is 0.272. The van der Waals surface area contributed by atoms with Crippen molar-refractivity contribution in [3.05, 3.63) is 68.2 Å². The molecular weight excluding hydrogens is 360 g/mol. The van der Waals surface area contributed by atoms with E-state index in [0.29, 0.717) is 17.1 Å². The Labute approximate surface area is 136 Å². The molecule has 2 aromatic carbocycles. The number of rotatable bonds is 4. The summed E-state index contributed by atoms with van der Waals surface area (Å²) in [5, 5.41) is 3.71. The average molecular weight is 375 g/mol. The SMILES string of the molecule is CCNC(c1cc(Cl)cc(Br)c1)c1cc(F)c(C)cc1F. The highest BCUT2D eigenvalue weighted by Gasteiger charge is 2.19. The van der Waals surface area contributed by atoms with Crippen molar-refractivity contribution >= 4 is 27.5 Å². The summed E-state index contributed by atoms with van der Waals surface area (Å²) in [5.41, 5.74) is 1.34. The lowest BCUT2D eigenvalue weighted by molar-refractivity contribution is 0.541. The maximum atomic E-state index is 14.2. The zero-order chi connectivity index (χ0) is 15.6. The van der Waals surface area contributed by atoms with Gasteiger partial charge in [-0.05, 0) is 54.9 Å². The summed E-state index contributed by atoms with van der Waals surface area (Å²) in [5.74, 6) is -0.855. The van der Waals surface area contributed by atoms with Gasteiger partial charge in [-0.1, -0.05) is 34.5 Å². The van der Waals surface area contributed by atoms with Crippen molar-refractivity contribution in [1.82, 2.24) is 5.32 Å². The molecule has 0 bridgehead atoms. The van der Waals surface area contributed by atoms with Gasteiger partial charge in [0.05, 0.1) is 6.04 Å². The maximum Gasteiger partial charge on any atom is 0.128 e. The third kappa shape index (κ3) is 3.82. The molecule has 5 heteroatoms. The van der Waals surface area contributed by atoms with Crippen LogP contribution in [0.5, 0.6) is 0 Å². The van der Waals surface area contributed by atoms with Crippen LogP contribution in [0.4, 0.5) is 8.78 Å². The van der Waals surface area contributed by atoms with Crippen molar-refractivity contribution in [2.24, 2.45) is 0 Å². The van der Waals surface area contributed by atoms with E-state index in [1.54, 1.807) is 19.1 Å². The topological polar surface area (TPSA) is 12.0 Å². The Morgan fingerprint density at radius 3 is 2.48 bits per heavy atom. The number of aryl methyl sites for hydroxylation is 1. The van der Waals surface area contributed by atoms with Gasteiger partial charge in [0.15, 0.2) is 0 Å². The highest BCUT2D eigenvalue weighted by atomic mass is 79.9. The van der Waals surface area contributed by atoms with Gasteiger partial charge in [0.25, 0.3) is 0 Å². The Kier molecular flexibility index (Phi) is 5.36. The fraction of sp³-hybridized carbons (Fsp3) is 0.250. The van der Waals surface area contributed by atoms with Gasteiger partial charge in [-0.2, -0.15) is 0 Å². The van der Waals surface area contributed by atoms with Crippen LogP contribution in [-0.2, 0) is 0 Å². The van der Waals surface area contributed by atoms with Crippen molar-refractivity contribution in [3.8, 4) is 0 Å². The summed E-state index contributed by atoms with van der Waals surface area (Å²) in [6, 6.07) is 7.34. The first-order chi connectivity index (χ1) is 9.92. The Balaban J connectivity index is 2.55. The van der Waals surface area contributed by atoms with E-state index >= 15 is 0 Å². The van der Waals surface area contributed by atoms with E-state index in [9.17, 15) is 8.78 Å². The van der Waals surface area contributed by atoms with E-state index < -0.39 is 17.7 Å². The van der Waals surface area contributed by atoms with E-state index in [1.165, 1.54) is 12.1 Å². The van der Waals surface area contributed by atoms with E-state index in [1.807, 2.05) is 13.0 Å². The van der Waals surface area contributed by atoms with Crippen LogP contribution < -0.4 is 5.32 Å². The third-order valence-corrected chi connectivity index (χ3v) is 3.89. The number of hydrogen-bond donors (Lipinski definition) is 1. The number of benzene rings is 2. The molecule has 21 heavy (non-hydrogen) atoms. The Bertz CT molecular complexity index is 641. The molecule has 2 aromatic rings. The molecule has 0 saturated carbocycles. The minimum Gasteiger partial charge on any atom is -0.306 e. The lowest BCUT2D eigenvalue weighted by atomic mass is 9.97. The number of hydrogen-bond acceptors (Lipinski definition) is 1. The number of halogens is 4. The van der Waals surface area contributed by atoms with E-state index in [0.717, 1.165) is 10.0 Å². The summed E-state index contributed by atoms with van der Waals surface area (Å²) in [7, 11) is 0. The summed E-state index contributed by atoms with van der Waals surface area (Å²) in [4.78, 5) is 0. The van der Waals surface area contributed by atoms with Crippen LogP contribution in [0.3, 0.4) is 0 Å². The molecule has 1 N–H and O–H groups in total. The molecular formula is C16H15BrClF2N. The molecule has 0 spiro atoms. The predicted molar refractivity (Wildman–Crippen MR) is 85.8 cm³/mol.